The van der Waals surface area contributed by atoms with Crippen LogP contribution in [0.5, 0.6) is 11.5 Å². The van der Waals surface area contributed by atoms with E-state index in [2.05, 4.69) is 13.8 Å². The summed E-state index contributed by atoms with van der Waals surface area (Å²) < 4.78 is 10.7. The molecule has 8 heteroatoms. The van der Waals surface area contributed by atoms with Gasteiger partial charge in [0.25, 0.3) is 11.7 Å². The number of nitrogens with zero attached hydrogens (tertiary/aromatic N) is 2. The molecule has 0 radical (unpaired) electrons. The first kappa shape index (κ1) is 26.6. The number of likely N-dealkylation sites (tertiary alicyclic amines) is 1. The fraction of sp³-hybridized carbons (Fsp3) is 0.407. The topological polar surface area (TPSA) is 79.3 Å². The standard InChI is InChI=1S/C27H33ClN2O5/c1-16(2)17-8-10-18(11-9-17)24-23(26(32)27(33)30(24)13-7-12-29(3)4)25(31)19-14-22(35-6)20(28)15-21(19)34-5/h8-11,14-16,24,31H,7,12-13H2,1-6H3/b25-23+. The average Bonchev–Trinajstić information content (AvgIpc) is 3.08. The molecule has 0 saturated carbocycles. The van der Waals surface area contributed by atoms with E-state index < -0.39 is 17.7 Å². The molecule has 1 fully saturated rings. The van der Waals surface area contributed by atoms with Crippen LogP contribution in [0, 0.1) is 0 Å². The molecular weight excluding hydrogens is 468 g/mol. The van der Waals surface area contributed by atoms with Crippen LogP contribution >= 0.6 is 11.6 Å². The molecule has 188 valence electrons. The highest BCUT2D eigenvalue weighted by Gasteiger charge is 2.46. The van der Waals surface area contributed by atoms with E-state index in [1.54, 1.807) is 4.90 Å². The lowest BCUT2D eigenvalue weighted by Gasteiger charge is -2.26. The molecule has 1 amide bonds. The Bertz CT molecular complexity index is 1130. The van der Waals surface area contributed by atoms with E-state index in [-0.39, 0.29) is 22.6 Å². The van der Waals surface area contributed by atoms with Crippen LogP contribution in [0.3, 0.4) is 0 Å². The number of rotatable bonds is 9. The maximum absolute atomic E-state index is 13.3. The van der Waals surface area contributed by atoms with Crippen LogP contribution in [0.2, 0.25) is 5.02 Å². The minimum absolute atomic E-state index is 0.0137. The Morgan fingerprint density at radius 1 is 1.09 bits per heavy atom. The summed E-state index contributed by atoms with van der Waals surface area (Å²) in [5, 5.41) is 11.7. The minimum atomic E-state index is -0.735. The minimum Gasteiger partial charge on any atom is -0.507 e. The summed E-state index contributed by atoms with van der Waals surface area (Å²) in [4.78, 5) is 30.0. The predicted octanol–water partition coefficient (Wildman–Crippen LogP) is 4.85. The number of benzene rings is 2. The van der Waals surface area contributed by atoms with Crippen molar-refractivity contribution in [3.63, 3.8) is 0 Å². The van der Waals surface area contributed by atoms with E-state index in [0.29, 0.717) is 29.7 Å². The molecule has 1 N–H and O–H groups in total. The smallest absolute Gasteiger partial charge is 0.295 e. The first-order valence-corrected chi connectivity index (χ1v) is 11.9. The normalized spacial score (nSPS) is 17.5. The molecule has 35 heavy (non-hydrogen) atoms. The highest BCUT2D eigenvalue weighted by molar-refractivity contribution is 6.46. The van der Waals surface area contributed by atoms with Crippen LogP contribution in [0.1, 0.15) is 48.9 Å². The van der Waals surface area contributed by atoms with Crippen LogP contribution in [-0.4, -0.2) is 68.0 Å². The van der Waals surface area contributed by atoms with Crippen LogP contribution in [0.15, 0.2) is 42.0 Å². The second-order valence-corrected chi connectivity index (χ2v) is 9.56. The first-order chi connectivity index (χ1) is 16.6. The maximum atomic E-state index is 13.3. The summed E-state index contributed by atoms with van der Waals surface area (Å²) in [6.45, 7) is 5.33. The Morgan fingerprint density at radius 3 is 2.26 bits per heavy atom. The van der Waals surface area contributed by atoms with Gasteiger partial charge in [0.05, 0.1) is 36.4 Å². The monoisotopic (exact) mass is 500 g/mol. The molecule has 2 aromatic rings. The average molecular weight is 501 g/mol. The Kier molecular flexibility index (Phi) is 8.46. The largest absolute Gasteiger partial charge is 0.507 e. The van der Waals surface area contributed by atoms with Crippen molar-refractivity contribution in [2.24, 2.45) is 0 Å². The number of methoxy groups -OCH3 is 2. The second kappa shape index (κ2) is 11.1. The zero-order chi connectivity index (χ0) is 25.9. The van der Waals surface area contributed by atoms with Gasteiger partial charge in [-0.25, -0.2) is 0 Å². The quantitative estimate of drug-likeness (QED) is 0.301. The highest BCUT2D eigenvalue weighted by atomic mass is 35.5. The number of carbonyl (C=O) groups excluding carboxylic acids is 2. The highest BCUT2D eigenvalue weighted by Crippen LogP contribution is 2.43. The van der Waals surface area contributed by atoms with Crippen molar-refractivity contribution in [3.05, 3.63) is 63.7 Å². The third-order valence-electron chi connectivity index (χ3n) is 6.19. The summed E-state index contributed by atoms with van der Waals surface area (Å²) in [6, 6.07) is 10.1. The molecule has 1 unspecified atom stereocenters. The number of hydrogen-bond acceptors (Lipinski definition) is 6. The SMILES string of the molecule is COc1cc(/C(O)=C2\C(=O)C(=O)N(CCCN(C)C)C2c2ccc(C(C)C)cc2)c(OC)cc1Cl. The predicted molar refractivity (Wildman–Crippen MR) is 137 cm³/mol. The molecular formula is C27H33ClN2O5. The molecule has 3 rings (SSSR count). The number of amides is 1. The Hall–Kier alpha value is -3.03. The van der Waals surface area contributed by atoms with Gasteiger partial charge in [-0.1, -0.05) is 49.7 Å². The van der Waals surface area contributed by atoms with Gasteiger partial charge in [0.15, 0.2) is 0 Å². The Morgan fingerprint density at radius 2 is 1.71 bits per heavy atom. The summed E-state index contributed by atoms with van der Waals surface area (Å²) in [5.41, 5.74) is 2.13. The second-order valence-electron chi connectivity index (χ2n) is 9.16. The van der Waals surface area contributed by atoms with Gasteiger partial charge in [-0.05, 0) is 50.2 Å². The van der Waals surface area contributed by atoms with Gasteiger partial charge in [-0.3, -0.25) is 9.59 Å². The number of carbonyl (C=O) groups is 2. The van der Waals surface area contributed by atoms with E-state index in [4.69, 9.17) is 21.1 Å². The van der Waals surface area contributed by atoms with E-state index in [0.717, 1.165) is 17.7 Å². The lowest BCUT2D eigenvalue weighted by atomic mass is 9.93. The van der Waals surface area contributed by atoms with Crippen LogP contribution in [0.4, 0.5) is 0 Å². The van der Waals surface area contributed by atoms with Gasteiger partial charge in [-0.2, -0.15) is 0 Å². The van der Waals surface area contributed by atoms with E-state index in [1.807, 2.05) is 43.3 Å². The molecule has 0 aliphatic carbocycles. The number of aliphatic hydroxyl groups is 1. The zero-order valence-electron chi connectivity index (χ0n) is 21.1. The van der Waals surface area contributed by atoms with Crippen molar-refractivity contribution in [1.29, 1.82) is 0 Å². The van der Waals surface area contributed by atoms with Crippen molar-refractivity contribution in [2.45, 2.75) is 32.2 Å². The van der Waals surface area contributed by atoms with Crippen molar-refractivity contribution >= 4 is 29.1 Å². The number of hydrogen-bond donors (Lipinski definition) is 1. The lowest BCUT2D eigenvalue weighted by Crippen LogP contribution is -2.32. The van der Waals surface area contributed by atoms with Crippen molar-refractivity contribution in [3.8, 4) is 11.5 Å². The summed E-state index contributed by atoms with van der Waals surface area (Å²) >= 11 is 6.23. The molecule has 1 heterocycles. The third-order valence-corrected chi connectivity index (χ3v) is 6.49. The van der Waals surface area contributed by atoms with E-state index >= 15 is 0 Å². The number of halogens is 1. The van der Waals surface area contributed by atoms with Gasteiger partial charge in [0.1, 0.15) is 17.3 Å². The summed E-state index contributed by atoms with van der Waals surface area (Å²) in [7, 11) is 6.81. The molecule has 2 aromatic carbocycles. The van der Waals surface area contributed by atoms with E-state index in [1.165, 1.54) is 26.4 Å². The van der Waals surface area contributed by atoms with Crippen molar-refractivity contribution < 1.29 is 24.2 Å². The van der Waals surface area contributed by atoms with Gasteiger partial charge in [-0.15, -0.1) is 0 Å². The van der Waals surface area contributed by atoms with Gasteiger partial charge in [0.2, 0.25) is 0 Å². The maximum Gasteiger partial charge on any atom is 0.295 e. The van der Waals surface area contributed by atoms with Crippen LogP contribution < -0.4 is 9.47 Å². The Labute approximate surface area is 211 Å². The third kappa shape index (κ3) is 5.46. The number of ether oxygens (including phenoxy) is 2. The molecule has 1 aliphatic heterocycles. The van der Waals surface area contributed by atoms with Gasteiger partial charge >= 0.3 is 0 Å². The molecule has 1 aliphatic rings. The number of ketones is 1. The molecule has 0 bridgehead atoms. The van der Waals surface area contributed by atoms with Crippen molar-refractivity contribution in [2.75, 3.05) is 41.4 Å². The first-order valence-electron chi connectivity index (χ1n) is 11.6. The molecule has 0 spiro atoms. The zero-order valence-corrected chi connectivity index (χ0v) is 21.8. The van der Waals surface area contributed by atoms with Gasteiger partial charge < -0.3 is 24.4 Å². The fourth-order valence-corrected chi connectivity index (χ4v) is 4.50. The van der Waals surface area contributed by atoms with Gasteiger partial charge in [0, 0.05) is 12.6 Å². The van der Waals surface area contributed by atoms with Crippen LogP contribution in [-0.2, 0) is 9.59 Å². The van der Waals surface area contributed by atoms with Crippen molar-refractivity contribution in [1.82, 2.24) is 9.80 Å². The fourth-order valence-electron chi connectivity index (χ4n) is 4.27. The number of aliphatic hydroxyl groups excluding tert-OH is 1. The lowest BCUT2D eigenvalue weighted by molar-refractivity contribution is -0.139. The van der Waals surface area contributed by atoms with Crippen LogP contribution in [0.25, 0.3) is 5.76 Å². The Balaban J connectivity index is 2.19. The number of Topliss-reactive ketones (excluding diaryl/α,β-unsaturated/α-hetero) is 1. The summed E-state index contributed by atoms with van der Waals surface area (Å²) in [6.07, 6.45) is 0.679. The molecule has 1 atom stereocenters. The summed E-state index contributed by atoms with van der Waals surface area (Å²) in [5.74, 6) is -0.790. The molecule has 0 aromatic heterocycles. The molecule has 1 saturated heterocycles. The molecule has 7 nitrogen and oxygen atoms in total. The van der Waals surface area contributed by atoms with E-state index in [9.17, 15) is 14.7 Å².